The minimum Gasteiger partial charge on any atom is -0.493 e. The van der Waals surface area contributed by atoms with E-state index in [0.717, 1.165) is 39.2 Å². The number of hydrogen-bond acceptors (Lipinski definition) is 6. The normalized spacial score (nSPS) is 11.3. The van der Waals surface area contributed by atoms with Crippen LogP contribution in [0.15, 0.2) is 83.9 Å². The smallest absolute Gasteiger partial charge is 0.274 e. The Labute approximate surface area is 190 Å². The number of fused-ring (bicyclic) bond motifs is 1. The van der Waals surface area contributed by atoms with E-state index in [1.165, 1.54) is 0 Å². The van der Waals surface area contributed by atoms with Gasteiger partial charge in [-0.3, -0.25) is 10.0 Å². The number of ether oxygens (including phenoxy) is 1. The van der Waals surface area contributed by atoms with Crippen LogP contribution in [0.1, 0.15) is 22.3 Å². The van der Waals surface area contributed by atoms with E-state index in [2.05, 4.69) is 34.6 Å². The summed E-state index contributed by atoms with van der Waals surface area (Å²) in [6, 6.07) is 21.3. The summed E-state index contributed by atoms with van der Waals surface area (Å²) in [5.74, 6) is 0.337. The number of thiazole rings is 1. The molecule has 32 heavy (non-hydrogen) atoms. The second-order valence-electron chi connectivity index (χ2n) is 7.13. The summed E-state index contributed by atoms with van der Waals surface area (Å²) in [6.45, 7) is 1.16. The number of carbonyl (C=O) groups excluding carboxylic acids is 1. The SMILES string of the molecule is O=C(NO)c1ccc(/C=C(/CCOc2cccc3ccccc23)CNc2nccs2)cc1. The number of nitrogens with zero attached hydrogens (tertiary/aromatic N) is 1. The first-order valence-corrected chi connectivity index (χ1v) is 11.1. The van der Waals surface area contributed by atoms with Crippen LogP contribution in [-0.4, -0.2) is 29.3 Å². The number of rotatable bonds is 9. The van der Waals surface area contributed by atoms with E-state index < -0.39 is 5.91 Å². The molecule has 3 N–H and O–H groups in total. The van der Waals surface area contributed by atoms with E-state index in [0.29, 0.717) is 18.7 Å². The highest BCUT2D eigenvalue weighted by Gasteiger charge is 2.06. The van der Waals surface area contributed by atoms with Crippen molar-refractivity contribution in [2.24, 2.45) is 0 Å². The fourth-order valence-corrected chi connectivity index (χ4v) is 3.88. The lowest BCUT2D eigenvalue weighted by atomic mass is 10.1. The predicted octanol–water partition coefficient (Wildman–Crippen LogP) is 5.38. The highest BCUT2D eigenvalue weighted by Crippen LogP contribution is 2.25. The lowest BCUT2D eigenvalue weighted by molar-refractivity contribution is 0.0706. The Morgan fingerprint density at radius 3 is 2.66 bits per heavy atom. The summed E-state index contributed by atoms with van der Waals surface area (Å²) in [5, 5.41) is 17.2. The van der Waals surface area contributed by atoms with Gasteiger partial charge in [-0.25, -0.2) is 10.5 Å². The van der Waals surface area contributed by atoms with Gasteiger partial charge in [0, 0.05) is 35.5 Å². The molecule has 0 aliphatic heterocycles. The molecule has 1 amide bonds. The molecule has 0 saturated carbocycles. The second-order valence-corrected chi connectivity index (χ2v) is 8.03. The first-order valence-electron chi connectivity index (χ1n) is 10.2. The van der Waals surface area contributed by atoms with Crippen LogP contribution in [0.3, 0.4) is 0 Å². The van der Waals surface area contributed by atoms with Crippen LogP contribution in [0.25, 0.3) is 16.8 Å². The largest absolute Gasteiger partial charge is 0.493 e. The van der Waals surface area contributed by atoms with E-state index in [9.17, 15) is 4.79 Å². The number of anilines is 1. The minimum atomic E-state index is -0.533. The van der Waals surface area contributed by atoms with Gasteiger partial charge in [-0.05, 0) is 34.7 Å². The molecular formula is C25H23N3O3S. The Hall–Kier alpha value is -3.68. The van der Waals surface area contributed by atoms with Gasteiger partial charge >= 0.3 is 0 Å². The molecule has 0 radical (unpaired) electrons. The molecule has 0 spiro atoms. The summed E-state index contributed by atoms with van der Waals surface area (Å²) in [7, 11) is 0. The lowest BCUT2D eigenvalue weighted by Crippen LogP contribution is -2.18. The van der Waals surface area contributed by atoms with Crippen molar-refractivity contribution in [3.05, 3.63) is 95.0 Å². The monoisotopic (exact) mass is 445 g/mol. The van der Waals surface area contributed by atoms with Crippen molar-refractivity contribution >= 4 is 39.2 Å². The van der Waals surface area contributed by atoms with Gasteiger partial charge in [0.1, 0.15) is 5.75 Å². The molecule has 0 aliphatic carbocycles. The van der Waals surface area contributed by atoms with Gasteiger partial charge in [0.2, 0.25) is 0 Å². The van der Waals surface area contributed by atoms with E-state index in [1.807, 2.05) is 41.8 Å². The fraction of sp³-hybridized carbons (Fsp3) is 0.120. The summed E-state index contributed by atoms with van der Waals surface area (Å²) in [5.41, 5.74) is 4.14. The molecule has 1 aromatic heterocycles. The minimum absolute atomic E-state index is 0.395. The van der Waals surface area contributed by atoms with Gasteiger partial charge in [0.15, 0.2) is 5.13 Å². The standard InChI is InChI=1S/C25H23N3O3S/c29-24(28-30)21-10-8-18(9-11-21)16-19(17-27-25-26-13-15-32-25)12-14-31-23-7-3-5-20-4-1-2-6-22(20)23/h1-11,13,15-16,30H,12,14,17H2,(H,26,27)(H,28,29)/b19-16-. The molecule has 1 heterocycles. The fourth-order valence-electron chi connectivity index (χ4n) is 3.36. The number of hydrogen-bond donors (Lipinski definition) is 3. The summed E-state index contributed by atoms with van der Waals surface area (Å²) >= 11 is 1.55. The quantitative estimate of drug-likeness (QED) is 0.238. The Morgan fingerprint density at radius 1 is 1.06 bits per heavy atom. The molecule has 7 heteroatoms. The van der Waals surface area contributed by atoms with E-state index in [1.54, 1.807) is 35.1 Å². The van der Waals surface area contributed by atoms with Crippen LogP contribution in [0.5, 0.6) is 5.75 Å². The molecule has 0 atom stereocenters. The zero-order valence-corrected chi connectivity index (χ0v) is 18.1. The molecule has 0 fully saturated rings. The predicted molar refractivity (Wildman–Crippen MR) is 128 cm³/mol. The van der Waals surface area contributed by atoms with Crippen LogP contribution in [-0.2, 0) is 0 Å². The van der Waals surface area contributed by atoms with Crippen molar-refractivity contribution in [1.29, 1.82) is 0 Å². The molecule has 4 aromatic rings. The maximum Gasteiger partial charge on any atom is 0.274 e. The van der Waals surface area contributed by atoms with Gasteiger partial charge < -0.3 is 10.1 Å². The number of benzene rings is 3. The zero-order chi connectivity index (χ0) is 22.2. The maximum atomic E-state index is 11.5. The first-order chi connectivity index (χ1) is 15.7. The third-order valence-corrected chi connectivity index (χ3v) is 5.71. The number of carbonyl (C=O) groups is 1. The van der Waals surface area contributed by atoms with Crippen LogP contribution in [0.4, 0.5) is 5.13 Å². The molecule has 0 aliphatic rings. The van der Waals surface area contributed by atoms with Crippen molar-refractivity contribution in [2.45, 2.75) is 6.42 Å². The van der Waals surface area contributed by atoms with E-state index >= 15 is 0 Å². The Kier molecular flexibility index (Phi) is 7.12. The Bertz CT molecular complexity index is 1200. The molecule has 0 saturated heterocycles. The molecule has 162 valence electrons. The number of amides is 1. The Balaban J connectivity index is 1.47. The van der Waals surface area contributed by atoms with Crippen molar-refractivity contribution in [3.8, 4) is 5.75 Å². The average molecular weight is 446 g/mol. The van der Waals surface area contributed by atoms with Gasteiger partial charge in [-0.1, -0.05) is 54.6 Å². The van der Waals surface area contributed by atoms with Crippen LogP contribution in [0, 0.1) is 0 Å². The molecule has 6 nitrogen and oxygen atoms in total. The van der Waals surface area contributed by atoms with Crippen molar-refractivity contribution in [1.82, 2.24) is 10.5 Å². The number of nitrogens with one attached hydrogen (secondary N) is 2. The molecule has 3 aromatic carbocycles. The highest BCUT2D eigenvalue weighted by atomic mass is 32.1. The van der Waals surface area contributed by atoms with Crippen molar-refractivity contribution in [3.63, 3.8) is 0 Å². The average Bonchev–Trinajstić information content (AvgIpc) is 3.36. The van der Waals surface area contributed by atoms with Gasteiger partial charge in [-0.15, -0.1) is 11.3 Å². The second kappa shape index (κ2) is 10.6. The summed E-state index contributed by atoms with van der Waals surface area (Å²) in [4.78, 5) is 15.8. The Morgan fingerprint density at radius 2 is 1.88 bits per heavy atom. The van der Waals surface area contributed by atoms with E-state index in [4.69, 9.17) is 9.94 Å². The van der Waals surface area contributed by atoms with Crippen LogP contribution >= 0.6 is 11.3 Å². The molecular weight excluding hydrogens is 422 g/mol. The first kappa shape index (κ1) is 21.5. The third kappa shape index (κ3) is 5.51. The number of aromatic nitrogens is 1. The third-order valence-electron chi connectivity index (χ3n) is 4.97. The number of hydroxylamine groups is 1. The molecule has 0 bridgehead atoms. The summed E-state index contributed by atoms with van der Waals surface area (Å²) < 4.78 is 6.13. The highest BCUT2D eigenvalue weighted by molar-refractivity contribution is 7.13. The van der Waals surface area contributed by atoms with Gasteiger partial charge in [0.05, 0.1) is 6.61 Å². The zero-order valence-electron chi connectivity index (χ0n) is 17.3. The van der Waals surface area contributed by atoms with Gasteiger partial charge in [0.25, 0.3) is 5.91 Å². The molecule has 0 unspecified atom stereocenters. The van der Waals surface area contributed by atoms with Crippen molar-refractivity contribution in [2.75, 3.05) is 18.5 Å². The summed E-state index contributed by atoms with van der Waals surface area (Å²) in [6.07, 6.45) is 4.57. The van der Waals surface area contributed by atoms with E-state index in [-0.39, 0.29) is 0 Å². The molecule has 4 rings (SSSR count). The van der Waals surface area contributed by atoms with Crippen LogP contribution in [0.2, 0.25) is 0 Å². The topological polar surface area (TPSA) is 83.5 Å². The lowest BCUT2D eigenvalue weighted by Gasteiger charge is -2.12. The maximum absolute atomic E-state index is 11.5. The van der Waals surface area contributed by atoms with Crippen molar-refractivity contribution < 1.29 is 14.7 Å². The van der Waals surface area contributed by atoms with Crippen LogP contribution < -0.4 is 15.5 Å². The van der Waals surface area contributed by atoms with Gasteiger partial charge in [-0.2, -0.15) is 0 Å².